The molecule has 0 radical (unpaired) electrons. The fourth-order valence-corrected chi connectivity index (χ4v) is 3.29. The fourth-order valence-electron chi connectivity index (χ4n) is 3.29. The van der Waals surface area contributed by atoms with Crippen molar-refractivity contribution in [2.24, 2.45) is 10.7 Å². The maximum atomic E-state index is 13.0. The average Bonchev–Trinajstić information content (AvgIpc) is 3.00. The highest BCUT2D eigenvalue weighted by Crippen LogP contribution is 2.38. The van der Waals surface area contributed by atoms with Gasteiger partial charge in [-0.2, -0.15) is 0 Å². The lowest BCUT2D eigenvalue weighted by Crippen LogP contribution is -2.42. The standard InChI is InChI=1S/C17H16N4O3/c1-23-14-8-19-7-13(20-14)11-3-2-4-12-10(11)5-6-17(15(12)22)9-24-16(18)21-17/h2-4,7-8H,5-6,9H2,1H3,(H2,18,21)/t17-/m0/s1. The summed E-state index contributed by atoms with van der Waals surface area (Å²) < 4.78 is 10.4. The number of nitrogens with two attached hydrogens (primary N) is 1. The third-order valence-corrected chi connectivity index (χ3v) is 4.51. The van der Waals surface area contributed by atoms with Crippen LogP contribution in [0.4, 0.5) is 0 Å². The van der Waals surface area contributed by atoms with Gasteiger partial charge < -0.3 is 15.2 Å². The molecule has 2 aliphatic rings. The predicted molar refractivity (Wildman–Crippen MR) is 87.0 cm³/mol. The first kappa shape index (κ1) is 14.6. The minimum atomic E-state index is -0.879. The topological polar surface area (TPSA) is 99.7 Å². The molecule has 0 amide bonds. The van der Waals surface area contributed by atoms with Gasteiger partial charge in [0.05, 0.1) is 25.2 Å². The number of hydrogen-bond acceptors (Lipinski definition) is 7. The number of aromatic nitrogens is 2. The van der Waals surface area contributed by atoms with Crippen molar-refractivity contribution < 1.29 is 14.3 Å². The van der Waals surface area contributed by atoms with E-state index in [9.17, 15) is 4.79 Å². The Hall–Kier alpha value is -2.96. The first-order valence-electron chi connectivity index (χ1n) is 7.64. The highest BCUT2D eigenvalue weighted by Gasteiger charge is 2.47. The molecule has 24 heavy (non-hydrogen) atoms. The number of carbonyl (C=O) groups excluding carboxylic acids is 1. The van der Waals surface area contributed by atoms with E-state index in [1.165, 1.54) is 0 Å². The van der Waals surface area contributed by atoms with E-state index >= 15 is 0 Å². The summed E-state index contributed by atoms with van der Waals surface area (Å²) >= 11 is 0. The van der Waals surface area contributed by atoms with Crippen LogP contribution in [0.2, 0.25) is 0 Å². The molecule has 0 saturated carbocycles. The highest BCUT2D eigenvalue weighted by molar-refractivity contribution is 6.08. The summed E-state index contributed by atoms with van der Waals surface area (Å²) in [5, 5.41) is 0. The van der Waals surface area contributed by atoms with Crippen molar-refractivity contribution in [3.8, 4) is 17.1 Å². The van der Waals surface area contributed by atoms with Gasteiger partial charge in [0.25, 0.3) is 6.02 Å². The highest BCUT2D eigenvalue weighted by atomic mass is 16.5. The van der Waals surface area contributed by atoms with Crippen molar-refractivity contribution in [1.82, 2.24) is 9.97 Å². The van der Waals surface area contributed by atoms with Crippen LogP contribution >= 0.6 is 0 Å². The molecule has 0 fully saturated rings. The molecule has 1 spiro atoms. The number of benzene rings is 1. The summed E-state index contributed by atoms with van der Waals surface area (Å²) in [5.41, 5.74) is 7.91. The van der Waals surface area contributed by atoms with Crippen molar-refractivity contribution in [3.63, 3.8) is 0 Å². The third-order valence-electron chi connectivity index (χ3n) is 4.51. The molecule has 1 atom stereocenters. The SMILES string of the molecule is COc1cncc(-c2cccc3c2CC[C@]2(COC(N)=N2)C3=O)n1. The van der Waals surface area contributed by atoms with E-state index in [0.29, 0.717) is 30.0 Å². The lowest BCUT2D eigenvalue weighted by Gasteiger charge is -2.29. The average molecular weight is 324 g/mol. The maximum absolute atomic E-state index is 13.0. The molecule has 1 aliphatic heterocycles. The van der Waals surface area contributed by atoms with Crippen LogP contribution < -0.4 is 10.5 Å². The molecule has 1 aromatic carbocycles. The Labute approximate surface area is 138 Å². The number of hydrogen-bond donors (Lipinski definition) is 1. The summed E-state index contributed by atoms with van der Waals surface area (Å²) in [4.78, 5) is 25.8. The van der Waals surface area contributed by atoms with Crippen LogP contribution in [-0.2, 0) is 11.2 Å². The van der Waals surface area contributed by atoms with E-state index in [-0.39, 0.29) is 18.4 Å². The largest absolute Gasteiger partial charge is 0.480 e. The Balaban J connectivity index is 1.81. The molecule has 122 valence electrons. The quantitative estimate of drug-likeness (QED) is 0.895. The summed E-state index contributed by atoms with van der Waals surface area (Å²) in [6.45, 7) is 0.209. The Bertz CT molecular complexity index is 865. The lowest BCUT2D eigenvalue weighted by molar-refractivity contribution is 0.0835. The normalized spacial score (nSPS) is 22.0. The van der Waals surface area contributed by atoms with Crippen molar-refractivity contribution in [2.75, 3.05) is 13.7 Å². The van der Waals surface area contributed by atoms with Crippen molar-refractivity contribution in [2.45, 2.75) is 18.4 Å². The van der Waals surface area contributed by atoms with Gasteiger partial charge in [0, 0.05) is 11.1 Å². The third kappa shape index (κ3) is 2.12. The molecule has 1 aromatic heterocycles. The zero-order valence-electron chi connectivity index (χ0n) is 13.2. The summed E-state index contributed by atoms with van der Waals surface area (Å²) in [6.07, 6.45) is 4.47. The van der Waals surface area contributed by atoms with Gasteiger partial charge in [-0.25, -0.2) is 9.98 Å². The number of Topliss-reactive ketones (excluding diaryl/α,β-unsaturated/α-hetero) is 1. The van der Waals surface area contributed by atoms with E-state index in [1.807, 2.05) is 18.2 Å². The number of ketones is 1. The van der Waals surface area contributed by atoms with Gasteiger partial charge in [-0.3, -0.25) is 9.78 Å². The molecule has 7 nitrogen and oxygen atoms in total. The Morgan fingerprint density at radius 1 is 1.29 bits per heavy atom. The molecule has 0 unspecified atom stereocenters. The van der Waals surface area contributed by atoms with E-state index in [1.54, 1.807) is 19.5 Å². The van der Waals surface area contributed by atoms with E-state index in [4.69, 9.17) is 15.2 Å². The maximum Gasteiger partial charge on any atom is 0.283 e. The van der Waals surface area contributed by atoms with Gasteiger partial charge in [-0.15, -0.1) is 0 Å². The summed E-state index contributed by atoms with van der Waals surface area (Å²) in [5.74, 6) is 0.382. The molecule has 7 heteroatoms. The summed E-state index contributed by atoms with van der Waals surface area (Å²) in [6, 6.07) is 5.69. The molecule has 2 aromatic rings. The molecule has 1 aliphatic carbocycles. The zero-order chi connectivity index (χ0) is 16.7. The lowest BCUT2D eigenvalue weighted by atomic mass is 9.76. The number of fused-ring (bicyclic) bond motifs is 1. The number of carbonyl (C=O) groups is 1. The van der Waals surface area contributed by atoms with Crippen molar-refractivity contribution in [1.29, 1.82) is 0 Å². The number of amidine groups is 1. The molecule has 2 heterocycles. The van der Waals surface area contributed by atoms with Crippen LogP contribution in [0.3, 0.4) is 0 Å². The minimum absolute atomic E-state index is 0.0538. The molecule has 0 saturated heterocycles. The van der Waals surface area contributed by atoms with Crippen LogP contribution in [0.15, 0.2) is 35.6 Å². The molecular formula is C17H16N4O3. The van der Waals surface area contributed by atoms with E-state index in [2.05, 4.69) is 15.0 Å². The van der Waals surface area contributed by atoms with Gasteiger partial charge in [0.1, 0.15) is 6.61 Å². The van der Waals surface area contributed by atoms with Gasteiger partial charge >= 0.3 is 0 Å². The van der Waals surface area contributed by atoms with Gasteiger partial charge in [-0.1, -0.05) is 18.2 Å². The Kier molecular flexibility index (Phi) is 3.23. The van der Waals surface area contributed by atoms with Gasteiger partial charge in [0.2, 0.25) is 5.88 Å². The van der Waals surface area contributed by atoms with Crippen LogP contribution in [0, 0.1) is 0 Å². The van der Waals surface area contributed by atoms with Crippen LogP contribution in [0.25, 0.3) is 11.3 Å². The molecular weight excluding hydrogens is 308 g/mol. The number of aliphatic imine (C=N–C) groups is 1. The Morgan fingerprint density at radius 3 is 2.88 bits per heavy atom. The van der Waals surface area contributed by atoms with E-state index < -0.39 is 5.54 Å². The predicted octanol–water partition coefficient (Wildman–Crippen LogP) is 1.36. The van der Waals surface area contributed by atoms with Crippen LogP contribution in [0.5, 0.6) is 5.88 Å². The smallest absolute Gasteiger partial charge is 0.283 e. The van der Waals surface area contributed by atoms with Crippen LogP contribution in [0.1, 0.15) is 22.3 Å². The first-order chi connectivity index (χ1) is 11.6. The van der Waals surface area contributed by atoms with Gasteiger partial charge in [-0.05, 0) is 18.4 Å². The van der Waals surface area contributed by atoms with E-state index in [0.717, 1.165) is 11.1 Å². The monoisotopic (exact) mass is 324 g/mol. The number of methoxy groups -OCH3 is 1. The number of ether oxygens (including phenoxy) is 2. The van der Waals surface area contributed by atoms with Crippen molar-refractivity contribution in [3.05, 3.63) is 41.7 Å². The van der Waals surface area contributed by atoms with Crippen molar-refractivity contribution >= 4 is 11.8 Å². The molecule has 2 N–H and O–H groups in total. The number of rotatable bonds is 2. The molecule has 4 rings (SSSR count). The summed E-state index contributed by atoms with van der Waals surface area (Å²) in [7, 11) is 1.55. The zero-order valence-corrected chi connectivity index (χ0v) is 13.2. The van der Waals surface area contributed by atoms with Crippen LogP contribution in [-0.4, -0.2) is 41.0 Å². The second-order valence-electron chi connectivity index (χ2n) is 5.88. The van der Waals surface area contributed by atoms with Gasteiger partial charge in [0.15, 0.2) is 11.3 Å². The second kappa shape index (κ2) is 5.30. The number of nitrogens with zero attached hydrogens (tertiary/aromatic N) is 3. The fraction of sp³-hybridized carbons (Fsp3) is 0.294. The second-order valence-corrected chi connectivity index (χ2v) is 5.88. The Morgan fingerprint density at radius 2 is 2.12 bits per heavy atom. The minimum Gasteiger partial charge on any atom is -0.480 e. The molecule has 0 bridgehead atoms. The first-order valence-corrected chi connectivity index (χ1v) is 7.64.